The number of nitrogens with zero attached hydrogens (tertiary/aromatic N) is 1. The van der Waals surface area contributed by atoms with Crippen LogP contribution in [0.4, 0.5) is 10.5 Å². The number of hydrogen-bond acceptors (Lipinski definition) is 3. The highest BCUT2D eigenvalue weighted by Gasteiger charge is 2.15. The van der Waals surface area contributed by atoms with Gasteiger partial charge in [0.15, 0.2) is 0 Å². The molecule has 0 aliphatic carbocycles. The van der Waals surface area contributed by atoms with Gasteiger partial charge in [0.2, 0.25) is 0 Å². The van der Waals surface area contributed by atoms with E-state index in [0.717, 1.165) is 0 Å². The van der Waals surface area contributed by atoms with Crippen molar-refractivity contribution in [3.63, 3.8) is 0 Å². The summed E-state index contributed by atoms with van der Waals surface area (Å²) in [5.74, 6) is -0.410. The standard InChI is InChI=1S/C13H18N2O4/c1-3-7-15(9-12(16)17)13(18)14-10-5-4-6-11(8-10)19-2/h4-6,8H,3,7,9H2,1-2H3,(H,14,18)(H,16,17). The van der Waals surface area contributed by atoms with E-state index >= 15 is 0 Å². The predicted octanol–water partition coefficient (Wildman–Crippen LogP) is 2.02. The minimum absolute atomic E-state index is 0.316. The number of carboxylic acid groups (broad SMARTS) is 1. The molecule has 0 fully saturated rings. The summed E-state index contributed by atoms with van der Waals surface area (Å²) in [7, 11) is 1.54. The zero-order valence-corrected chi connectivity index (χ0v) is 11.0. The maximum Gasteiger partial charge on any atom is 0.323 e. The van der Waals surface area contributed by atoms with Gasteiger partial charge in [0, 0.05) is 18.3 Å². The van der Waals surface area contributed by atoms with Crippen LogP contribution in [-0.2, 0) is 4.79 Å². The van der Waals surface area contributed by atoms with E-state index in [2.05, 4.69) is 5.32 Å². The highest BCUT2D eigenvalue weighted by Crippen LogP contribution is 2.17. The second kappa shape index (κ2) is 7.25. The molecule has 104 valence electrons. The molecule has 0 atom stereocenters. The number of carboxylic acids is 1. The Morgan fingerprint density at radius 3 is 2.74 bits per heavy atom. The number of carbonyl (C=O) groups excluding carboxylic acids is 1. The Bertz CT molecular complexity index is 448. The van der Waals surface area contributed by atoms with Crippen LogP contribution in [0.1, 0.15) is 13.3 Å². The van der Waals surface area contributed by atoms with Gasteiger partial charge in [0.1, 0.15) is 12.3 Å². The number of hydrogen-bond donors (Lipinski definition) is 2. The summed E-state index contributed by atoms with van der Waals surface area (Å²) in [4.78, 5) is 23.9. The quantitative estimate of drug-likeness (QED) is 0.825. The maximum absolute atomic E-state index is 11.9. The molecule has 0 bridgehead atoms. The number of nitrogens with one attached hydrogen (secondary N) is 1. The summed E-state index contributed by atoms with van der Waals surface area (Å²) >= 11 is 0. The molecule has 0 radical (unpaired) electrons. The van der Waals surface area contributed by atoms with Crippen molar-refractivity contribution >= 4 is 17.7 Å². The lowest BCUT2D eigenvalue weighted by atomic mass is 10.3. The number of rotatable bonds is 6. The monoisotopic (exact) mass is 266 g/mol. The van der Waals surface area contributed by atoms with Gasteiger partial charge in [-0.1, -0.05) is 13.0 Å². The first-order valence-corrected chi connectivity index (χ1v) is 5.98. The molecule has 0 aliphatic rings. The van der Waals surface area contributed by atoms with Crippen LogP contribution in [0.3, 0.4) is 0 Å². The van der Waals surface area contributed by atoms with Crippen molar-refractivity contribution in [3.05, 3.63) is 24.3 Å². The van der Waals surface area contributed by atoms with Crippen LogP contribution in [0.5, 0.6) is 5.75 Å². The lowest BCUT2D eigenvalue weighted by Crippen LogP contribution is -2.39. The number of methoxy groups -OCH3 is 1. The van der Waals surface area contributed by atoms with E-state index in [-0.39, 0.29) is 6.54 Å². The van der Waals surface area contributed by atoms with Gasteiger partial charge in [-0.3, -0.25) is 4.79 Å². The highest BCUT2D eigenvalue weighted by atomic mass is 16.5. The Morgan fingerprint density at radius 1 is 1.42 bits per heavy atom. The fourth-order valence-corrected chi connectivity index (χ4v) is 1.59. The van der Waals surface area contributed by atoms with Crippen LogP contribution in [0.2, 0.25) is 0 Å². The Morgan fingerprint density at radius 2 is 2.16 bits per heavy atom. The zero-order chi connectivity index (χ0) is 14.3. The number of benzene rings is 1. The summed E-state index contributed by atoms with van der Waals surface area (Å²) in [5.41, 5.74) is 0.566. The van der Waals surface area contributed by atoms with Crippen molar-refractivity contribution in [2.45, 2.75) is 13.3 Å². The van der Waals surface area contributed by atoms with Crippen molar-refractivity contribution in [1.29, 1.82) is 0 Å². The first-order valence-electron chi connectivity index (χ1n) is 5.98. The summed E-state index contributed by atoms with van der Waals surface area (Å²) in [5, 5.41) is 11.4. The average molecular weight is 266 g/mol. The van der Waals surface area contributed by atoms with Gasteiger partial charge in [-0.15, -0.1) is 0 Å². The maximum atomic E-state index is 11.9. The van der Waals surface area contributed by atoms with E-state index < -0.39 is 12.0 Å². The van der Waals surface area contributed by atoms with Gasteiger partial charge in [0.25, 0.3) is 0 Å². The Hall–Kier alpha value is -2.24. The summed E-state index contributed by atoms with van der Waals surface area (Å²) in [6.45, 7) is 1.96. The Balaban J connectivity index is 2.71. The number of ether oxygens (including phenoxy) is 1. The number of urea groups is 1. The topological polar surface area (TPSA) is 78.9 Å². The van der Waals surface area contributed by atoms with Crippen molar-refractivity contribution < 1.29 is 19.4 Å². The number of aliphatic carboxylic acids is 1. The third kappa shape index (κ3) is 4.87. The van der Waals surface area contributed by atoms with Crippen molar-refractivity contribution in [3.8, 4) is 5.75 Å². The minimum Gasteiger partial charge on any atom is -0.497 e. The van der Waals surface area contributed by atoms with E-state index in [9.17, 15) is 9.59 Å². The predicted molar refractivity (Wildman–Crippen MR) is 71.5 cm³/mol. The molecule has 0 aliphatic heterocycles. The molecule has 6 heteroatoms. The first-order chi connectivity index (χ1) is 9.06. The SMILES string of the molecule is CCCN(CC(=O)O)C(=O)Nc1cccc(OC)c1. The van der Waals surface area contributed by atoms with Gasteiger partial charge >= 0.3 is 12.0 Å². The minimum atomic E-state index is -1.03. The number of carbonyl (C=O) groups is 2. The van der Waals surface area contributed by atoms with Crippen LogP contribution >= 0.6 is 0 Å². The van der Waals surface area contributed by atoms with Crippen LogP contribution < -0.4 is 10.1 Å². The fraction of sp³-hybridized carbons (Fsp3) is 0.385. The molecule has 0 saturated carbocycles. The fourth-order valence-electron chi connectivity index (χ4n) is 1.59. The van der Waals surface area contributed by atoms with E-state index in [4.69, 9.17) is 9.84 Å². The summed E-state index contributed by atoms with van der Waals surface area (Å²) in [6.07, 6.45) is 0.693. The largest absolute Gasteiger partial charge is 0.497 e. The average Bonchev–Trinajstić information content (AvgIpc) is 2.38. The molecule has 1 rings (SSSR count). The van der Waals surface area contributed by atoms with E-state index in [0.29, 0.717) is 24.4 Å². The van der Waals surface area contributed by atoms with Crippen molar-refractivity contribution in [1.82, 2.24) is 4.90 Å². The molecule has 1 aromatic carbocycles. The van der Waals surface area contributed by atoms with Crippen LogP contribution in [0.25, 0.3) is 0 Å². The molecule has 0 heterocycles. The molecular formula is C13H18N2O4. The normalized spacial score (nSPS) is 9.79. The Labute approximate surface area is 112 Å². The molecule has 2 amide bonds. The highest BCUT2D eigenvalue weighted by molar-refractivity contribution is 5.91. The smallest absolute Gasteiger partial charge is 0.323 e. The lowest BCUT2D eigenvalue weighted by Gasteiger charge is -2.20. The van der Waals surface area contributed by atoms with Gasteiger partial charge in [0.05, 0.1) is 7.11 Å². The molecule has 6 nitrogen and oxygen atoms in total. The van der Waals surface area contributed by atoms with Gasteiger partial charge < -0.3 is 20.1 Å². The second-order valence-corrected chi connectivity index (χ2v) is 3.98. The molecule has 2 N–H and O–H groups in total. The molecule has 0 aromatic heterocycles. The van der Waals surface area contributed by atoms with Crippen LogP contribution in [0, 0.1) is 0 Å². The van der Waals surface area contributed by atoms with E-state index in [1.807, 2.05) is 6.92 Å². The van der Waals surface area contributed by atoms with Crippen LogP contribution in [-0.4, -0.2) is 42.2 Å². The van der Waals surface area contributed by atoms with Crippen molar-refractivity contribution in [2.24, 2.45) is 0 Å². The summed E-state index contributed by atoms with van der Waals surface area (Å²) < 4.78 is 5.05. The molecule has 1 aromatic rings. The van der Waals surface area contributed by atoms with E-state index in [1.54, 1.807) is 24.3 Å². The molecule has 0 unspecified atom stereocenters. The molecule has 0 spiro atoms. The van der Waals surface area contributed by atoms with E-state index in [1.165, 1.54) is 12.0 Å². The second-order valence-electron chi connectivity index (χ2n) is 3.98. The van der Waals surface area contributed by atoms with Gasteiger partial charge in [-0.05, 0) is 18.6 Å². The number of anilines is 1. The molecular weight excluding hydrogens is 248 g/mol. The van der Waals surface area contributed by atoms with Crippen LogP contribution in [0.15, 0.2) is 24.3 Å². The molecule has 0 saturated heterocycles. The first kappa shape index (κ1) is 14.8. The summed E-state index contributed by atoms with van der Waals surface area (Å²) in [6, 6.07) is 6.46. The zero-order valence-electron chi connectivity index (χ0n) is 11.0. The van der Waals surface area contributed by atoms with Gasteiger partial charge in [-0.2, -0.15) is 0 Å². The Kier molecular flexibility index (Phi) is 5.66. The molecule has 19 heavy (non-hydrogen) atoms. The number of amides is 2. The van der Waals surface area contributed by atoms with Gasteiger partial charge in [-0.25, -0.2) is 4.79 Å². The lowest BCUT2D eigenvalue weighted by molar-refractivity contribution is -0.137. The third-order valence-electron chi connectivity index (χ3n) is 2.43. The van der Waals surface area contributed by atoms with Crippen molar-refractivity contribution in [2.75, 3.05) is 25.5 Å². The third-order valence-corrected chi connectivity index (χ3v) is 2.43.